The van der Waals surface area contributed by atoms with Crippen molar-refractivity contribution in [3.8, 4) is 0 Å². The van der Waals surface area contributed by atoms with E-state index in [4.69, 9.17) is 0 Å². The van der Waals surface area contributed by atoms with E-state index in [1.54, 1.807) is 0 Å². The summed E-state index contributed by atoms with van der Waals surface area (Å²) in [5.41, 5.74) is -29.3. The summed E-state index contributed by atoms with van der Waals surface area (Å²) in [7, 11) is 0. The molecule has 0 aliphatic carbocycles. The van der Waals surface area contributed by atoms with Crippen LogP contribution in [0.25, 0.3) is 0 Å². The van der Waals surface area contributed by atoms with Gasteiger partial charge in [0.05, 0.1) is 22.3 Å². The average Bonchev–Trinajstić information content (AvgIpc) is 2.59. The van der Waals surface area contributed by atoms with Gasteiger partial charge in [0.1, 0.15) is 0 Å². The normalized spacial score (nSPS) is 15.9. The number of alkyl halides is 18. The van der Waals surface area contributed by atoms with Gasteiger partial charge in [0, 0.05) is 5.56 Å². The number of hydrogen-bond acceptors (Lipinski definition) is 0. The maximum atomic E-state index is 13.8. The van der Waals surface area contributed by atoms with Crippen LogP contribution in [0, 0.1) is 0 Å². The molecule has 0 radical (unpaired) electrons. The molecule has 210 valence electrons. The lowest BCUT2D eigenvalue weighted by molar-refractivity contribution is -0.300. The van der Waals surface area contributed by atoms with Crippen molar-refractivity contribution in [1.29, 1.82) is 0 Å². The van der Waals surface area contributed by atoms with Gasteiger partial charge >= 0.3 is 37.1 Å². The van der Waals surface area contributed by atoms with Gasteiger partial charge in [0.15, 0.2) is 5.41 Å². The minimum atomic E-state index is -7.28. The second kappa shape index (κ2) is 8.77. The number of benzene rings is 1. The van der Waals surface area contributed by atoms with Crippen molar-refractivity contribution in [1.82, 2.24) is 0 Å². The summed E-state index contributed by atoms with van der Waals surface area (Å²) in [6.45, 7) is -0.377. The quantitative estimate of drug-likeness (QED) is 0.318. The Morgan fingerprint density at radius 2 is 0.722 bits per heavy atom. The molecule has 1 aromatic rings. The third kappa shape index (κ3) is 5.31. The van der Waals surface area contributed by atoms with Gasteiger partial charge in [-0.25, -0.2) is 0 Å². The minimum Gasteiger partial charge on any atom is -0.170 e. The third-order valence-corrected chi connectivity index (χ3v) is 5.41. The largest absolute Gasteiger partial charge is 0.417 e. The van der Waals surface area contributed by atoms with Crippen molar-refractivity contribution in [2.24, 2.45) is 0 Å². The van der Waals surface area contributed by atoms with Crippen LogP contribution in [0.2, 0.25) is 0 Å². The molecule has 1 aromatic carbocycles. The number of rotatable bonds is 3. The van der Waals surface area contributed by atoms with Crippen LogP contribution in [-0.2, 0) is 30.1 Å². The van der Waals surface area contributed by atoms with E-state index < -0.39 is 95.1 Å². The minimum absolute atomic E-state index is 0.298. The van der Waals surface area contributed by atoms with Crippen molar-refractivity contribution in [3.05, 3.63) is 33.4 Å². The summed E-state index contributed by atoms with van der Waals surface area (Å²) in [4.78, 5) is 0. The van der Waals surface area contributed by atoms with Crippen LogP contribution < -0.4 is 0 Å². The molecule has 0 N–H and O–H groups in total. The molecule has 0 heterocycles. The second-order valence-electron chi connectivity index (χ2n) is 7.71. The SMILES string of the molecule is CCC(C)c1c(C(F)(F)F)c(C(F)(F)F)c(C(C)(C(F)(F)F)C(F)(F)F)c(C(F)(F)F)c1C(F)(F)F. The molecular weight excluding hydrogens is 558 g/mol. The molecule has 0 saturated heterocycles. The molecule has 36 heavy (non-hydrogen) atoms. The topological polar surface area (TPSA) is 0 Å². The Morgan fingerprint density at radius 3 is 0.889 bits per heavy atom. The molecule has 1 rings (SSSR count). The molecule has 0 aliphatic rings. The fourth-order valence-electron chi connectivity index (χ4n) is 3.57. The monoisotopic (exact) mass is 570 g/mol. The van der Waals surface area contributed by atoms with E-state index in [9.17, 15) is 79.0 Å². The van der Waals surface area contributed by atoms with Crippen LogP contribution in [0.1, 0.15) is 66.5 Å². The van der Waals surface area contributed by atoms with E-state index >= 15 is 0 Å². The smallest absolute Gasteiger partial charge is 0.170 e. The summed E-state index contributed by atoms with van der Waals surface area (Å²) in [5, 5.41) is 0. The lowest BCUT2D eigenvalue weighted by Crippen LogP contribution is -2.54. The fourth-order valence-corrected chi connectivity index (χ4v) is 3.57. The molecule has 0 nitrogen and oxygen atoms in total. The first-order valence-corrected chi connectivity index (χ1v) is 9.13. The van der Waals surface area contributed by atoms with Crippen molar-refractivity contribution in [3.63, 3.8) is 0 Å². The second-order valence-corrected chi connectivity index (χ2v) is 7.71. The Labute approximate surface area is 189 Å². The van der Waals surface area contributed by atoms with Crippen LogP contribution in [0.5, 0.6) is 0 Å². The van der Waals surface area contributed by atoms with Crippen LogP contribution >= 0.6 is 0 Å². The number of hydrogen-bond donors (Lipinski definition) is 0. The summed E-state index contributed by atoms with van der Waals surface area (Å²) in [6, 6.07) is 0. The van der Waals surface area contributed by atoms with Crippen LogP contribution in [-0.4, -0.2) is 12.4 Å². The fraction of sp³-hybridized carbons (Fsp3) is 0.667. The zero-order valence-electron chi connectivity index (χ0n) is 17.6. The Bertz CT molecular complexity index is 894. The summed E-state index contributed by atoms with van der Waals surface area (Å²) in [5.74, 6) is -2.49. The molecule has 0 fully saturated rings. The Kier molecular flexibility index (Phi) is 7.79. The van der Waals surface area contributed by atoms with E-state index in [0.29, 0.717) is 6.92 Å². The van der Waals surface area contributed by atoms with Crippen molar-refractivity contribution < 1.29 is 79.0 Å². The Hall–Kier alpha value is -2.04. The molecule has 0 saturated carbocycles. The predicted octanol–water partition coefficient (Wildman–Crippen LogP) is 9.66. The van der Waals surface area contributed by atoms with E-state index in [1.807, 2.05) is 0 Å². The molecule has 0 amide bonds. The predicted molar refractivity (Wildman–Crippen MR) is 84.6 cm³/mol. The molecular formula is C18H12F18. The lowest BCUT2D eigenvalue weighted by Gasteiger charge is -2.40. The molecule has 18 heteroatoms. The Morgan fingerprint density at radius 1 is 0.472 bits per heavy atom. The maximum absolute atomic E-state index is 13.8. The summed E-state index contributed by atoms with van der Waals surface area (Å²) < 4.78 is 247. The highest BCUT2D eigenvalue weighted by Gasteiger charge is 2.73. The average molecular weight is 570 g/mol. The Balaban J connectivity index is 5.15. The highest BCUT2D eigenvalue weighted by Crippen LogP contribution is 2.62. The highest BCUT2D eigenvalue weighted by molar-refractivity contribution is 5.61. The van der Waals surface area contributed by atoms with Gasteiger partial charge in [0.2, 0.25) is 0 Å². The van der Waals surface area contributed by atoms with Gasteiger partial charge in [-0.05, 0) is 24.8 Å². The van der Waals surface area contributed by atoms with Gasteiger partial charge in [-0.3, -0.25) is 0 Å². The zero-order chi connectivity index (χ0) is 29.2. The van der Waals surface area contributed by atoms with Gasteiger partial charge in [-0.1, -0.05) is 13.8 Å². The lowest BCUT2D eigenvalue weighted by atomic mass is 9.70. The summed E-state index contributed by atoms with van der Waals surface area (Å²) >= 11 is 0. The maximum Gasteiger partial charge on any atom is 0.417 e. The summed E-state index contributed by atoms with van der Waals surface area (Å²) in [6.07, 6.45) is -43.3. The molecule has 0 aliphatic heterocycles. The van der Waals surface area contributed by atoms with Crippen molar-refractivity contribution in [2.75, 3.05) is 0 Å². The van der Waals surface area contributed by atoms with Gasteiger partial charge in [0.25, 0.3) is 0 Å². The third-order valence-electron chi connectivity index (χ3n) is 5.41. The molecule has 1 unspecified atom stereocenters. The van der Waals surface area contributed by atoms with Crippen LogP contribution in [0.3, 0.4) is 0 Å². The van der Waals surface area contributed by atoms with E-state index in [-0.39, 0.29) is 0 Å². The van der Waals surface area contributed by atoms with Crippen molar-refractivity contribution in [2.45, 2.75) is 75.6 Å². The molecule has 0 aromatic heterocycles. The zero-order valence-corrected chi connectivity index (χ0v) is 17.6. The number of halogens is 18. The first-order chi connectivity index (χ1) is 15.5. The first-order valence-electron chi connectivity index (χ1n) is 9.13. The van der Waals surface area contributed by atoms with E-state index in [2.05, 4.69) is 0 Å². The van der Waals surface area contributed by atoms with Crippen molar-refractivity contribution >= 4 is 0 Å². The van der Waals surface area contributed by atoms with Gasteiger partial charge < -0.3 is 0 Å². The van der Waals surface area contributed by atoms with E-state index in [0.717, 1.165) is 6.92 Å². The van der Waals surface area contributed by atoms with E-state index in [1.165, 1.54) is 0 Å². The molecule has 1 atom stereocenters. The van der Waals surface area contributed by atoms with Crippen LogP contribution in [0.4, 0.5) is 79.0 Å². The van der Waals surface area contributed by atoms with Crippen LogP contribution in [0.15, 0.2) is 0 Å². The molecule has 0 bridgehead atoms. The van der Waals surface area contributed by atoms with Gasteiger partial charge in [-0.2, -0.15) is 79.0 Å². The first kappa shape index (κ1) is 32.0. The highest BCUT2D eigenvalue weighted by atomic mass is 19.4. The molecule has 0 spiro atoms. The van der Waals surface area contributed by atoms with Gasteiger partial charge in [-0.15, -0.1) is 0 Å². The standard InChI is InChI=1S/C18H12F18/c1-4-5(2)6-7(13(19,20)21)10(15(25,26)27)9(12(3,17(31,32)33)18(34,35)36)11(16(28,29)30)8(6)14(22,23)24/h5H,4H2,1-3H3.